The van der Waals surface area contributed by atoms with Gasteiger partial charge in [-0.2, -0.15) is 0 Å². The number of carbonyl (C=O) groups is 3. The molecule has 112 valence electrons. The second-order valence-corrected chi connectivity index (χ2v) is 5.23. The van der Waals surface area contributed by atoms with Crippen molar-refractivity contribution in [1.82, 2.24) is 10.2 Å². The fraction of sp³-hybridized carbons (Fsp3) is 0.357. The van der Waals surface area contributed by atoms with E-state index in [0.717, 1.165) is 4.90 Å². The van der Waals surface area contributed by atoms with Gasteiger partial charge in [-0.15, -0.1) is 0 Å². The van der Waals surface area contributed by atoms with Crippen molar-refractivity contribution in [3.05, 3.63) is 24.3 Å². The van der Waals surface area contributed by atoms with Crippen molar-refractivity contribution in [3.63, 3.8) is 0 Å². The van der Waals surface area contributed by atoms with Crippen molar-refractivity contribution >= 4 is 23.5 Å². The first kappa shape index (κ1) is 14.8. The summed E-state index contributed by atoms with van der Waals surface area (Å²) in [5, 5.41) is 5.14. The third-order valence-electron chi connectivity index (χ3n) is 3.10. The molecule has 7 nitrogen and oxygen atoms in total. The predicted octanol–water partition coefficient (Wildman–Crippen LogP) is 0.964. The molecule has 2 rings (SSSR count). The number of hydrogen-bond donors (Lipinski definition) is 2. The highest BCUT2D eigenvalue weighted by molar-refractivity contribution is 6.09. The van der Waals surface area contributed by atoms with Crippen LogP contribution in [0, 0.1) is 0 Å². The van der Waals surface area contributed by atoms with Crippen LogP contribution in [0.4, 0.5) is 10.5 Å². The average Bonchev–Trinajstić information content (AvgIpc) is 2.61. The third kappa shape index (κ3) is 3.13. The van der Waals surface area contributed by atoms with Gasteiger partial charge in [-0.25, -0.2) is 4.79 Å². The maximum absolute atomic E-state index is 12.0. The first-order valence-corrected chi connectivity index (χ1v) is 6.41. The Morgan fingerprint density at radius 3 is 2.67 bits per heavy atom. The van der Waals surface area contributed by atoms with Crippen LogP contribution in [-0.2, 0) is 9.59 Å². The molecule has 4 amide bonds. The van der Waals surface area contributed by atoms with E-state index < -0.39 is 23.4 Å². The van der Waals surface area contributed by atoms with Gasteiger partial charge >= 0.3 is 6.03 Å². The number of rotatable bonds is 4. The summed E-state index contributed by atoms with van der Waals surface area (Å²) in [5.41, 5.74) is -0.446. The Hall–Kier alpha value is -2.57. The van der Waals surface area contributed by atoms with E-state index in [1.807, 2.05) is 0 Å². The molecular formula is C14H17N3O4. The molecule has 1 aromatic carbocycles. The van der Waals surface area contributed by atoms with Gasteiger partial charge in [0.15, 0.2) is 0 Å². The summed E-state index contributed by atoms with van der Waals surface area (Å²) in [6.07, 6.45) is 0. The van der Waals surface area contributed by atoms with Crippen LogP contribution in [0.3, 0.4) is 0 Å². The van der Waals surface area contributed by atoms with Gasteiger partial charge in [0.1, 0.15) is 17.8 Å². The Bertz CT molecular complexity index is 598. The van der Waals surface area contributed by atoms with Crippen molar-refractivity contribution in [3.8, 4) is 5.75 Å². The lowest BCUT2D eigenvalue weighted by atomic mass is 10.1. The summed E-state index contributed by atoms with van der Waals surface area (Å²) in [6, 6.07) is 6.25. The highest BCUT2D eigenvalue weighted by Crippen LogP contribution is 2.18. The number of anilines is 1. The normalized spacial score (nSPS) is 16.6. The minimum absolute atomic E-state index is 0.328. The maximum atomic E-state index is 12.0. The first-order valence-electron chi connectivity index (χ1n) is 6.41. The van der Waals surface area contributed by atoms with E-state index in [4.69, 9.17) is 4.74 Å². The Labute approximate surface area is 122 Å². The van der Waals surface area contributed by atoms with Crippen LogP contribution in [0.2, 0.25) is 0 Å². The van der Waals surface area contributed by atoms with Crippen LogP contribution in [0.1, 0.15) is 13.8 Å². The van der Waals surface area contributed by atoms with Gasteiger partial charge in [0.25, 0.3) is 5.91 Å². The molecular weight excluding hydrogens is 274 g/mol. The largest absolute Gasteiger partial charge is 0.497 e. The fourth-order valence-electron chi connectivity index (χ4n) is 2.01. The van der Waals surface area contributed by atoms with Crippen LogP contribution < -0.4 is 15.4 Å². The lowest BCUT2D eigenvalue weighted by Gasteiger charge is -2.15. The molecule has 2 N–H and O–H groups in total. The number of urea groups is 1. The van der Waals surface area contributed by atoms with Crippen molar-refractivity contribution in [2.75, 3.05) is 19.0 Å². The third-order valence-corrected chi connectivity index (χ3v) is 3.10. The smallest absolute Gasteiger partial charge is 0.325 e. The molecule has 0 unspecified atom stereocenters. The SMILES string of the molecule is COc1cccc(NC(=O)CN2C(=O)NC(C)(C)C2=O)c1. The van der Waals surface area contributed by atoms with Gasteiger partial charge in [-0.1, -0.05) is 6.07 Å². The molecule has 0 atom stereocenters. The maximum Gasteiger partial charge on any atom is 0.325 e. The second-order valence-electron chi connectivity index (χ2n) is 5.23. The number of methoxy groups -OCH3 is 1. The summed E-state index contributed by atoms with van der Waals surface area (Å²) < 4.78 is 5.05. The molecule has 7 heteroatoms. The summed E-state index contributed by atoms with van der Waals surface area (Å²) >= 11 is 0. The second kappa shape index (κ2) is 5.43. The number of carbonyl (C=O) groups excluding carboxylic acids is 3. The molecule has 1 aromatic rings. The molecule has 0 saturated carbocycles. The van der Waals surface area contributed by atoms with Crippen LogP contribution in [0.15, 0.2) is 24.3 Å². The van der Waals surface area contributed by atoms with Gasteiger partial charge in [0.05, 0.1) is 7.11 Å². The minimum Gasteiger partial charge on any atom is -0.497 e. The number of nitrogens with zero attached hydrogens (tertiary/aromatic N) is 1. The molecule has 0 radical (unpaired) electrons. The zero-order chi connectivity index (χ0) is 15.6. The van der Waals surface area contributed by atoms with Gasteiger partial charge in [-0.3, -0.25) is 14.5 Å². The summed E-state index contributed by atoms with van der Waals surface area (Å²) in [7, 11) is 1.52. The molecule has 0 aliphatic carbocycles. The van der Waals surface area contributed by atoms with Crippen molar-refractivity contribution in [2.24, 2.45) is 0 Å². The van der Waals surface area contributed by atoms with E-state index in [1.54, 1.807) is 38.1 Å². The summed E-state index contributed by atoms with van der Waals surface area (Å²) in [6.45, 7) is 2.85. The number of hydrogen-bond acceptors (Lipinski definition) is 4. The standard InChI is InChI=1S/C14H17N3O4/c1-14(2)12(19)17(13(20)16-14)8-11(18)15-9-5-4-6-10(7-9)21-3/h4-7H,8H2,1-3H3,(H,15,18)(H,16,20). The van der Waals surface area contributed by atoms with E-state index in [2.05, 4.69) is 10.6 Å². The van der Waals surface area contributed by atoms with Crippen LogP contribution >= 0.6 is 0 Å². The van der Waals surface area contributed by atoms with E-state index in [0.29, 0.717) is 11.4 Å². The molecule has 1 heterocycles. The molecule has 0 bridgehead atoms. The average molecular weight is 291 g/mol. The highest BCUT2D eigenvalue weighted by Gasteiger charge is 2.44. The highest BCUT2D eigenvalue weighted by atomic mass is 16.5. The number of nitrogens with one attached hydrogen (secondary N) is 2. The Balaban J connectivity index is 2.02. The van der Waals surface area contributed by atoms with Gasteiger partial charge < -0.3 is 15.4 Å². The summed E-state index contributed by atoms with van der Waals surface area (Å²) in [4.78, 5) is 36.5. The lowest BCUT2D eigenvalue weighted by molar-refractivity contribution is -0.132. The minimum atomic E-state index is -0.979. The Morgan fingerprint density at radius 1 is 1.38 bits per heavy atom. The quantitative estimate of drug-likeness (QED) is 0.809. The number of amides is 4. The van der Waals surface area contributed by atoms with E-state index in [9.17, 15) is 14.4 Å². The number of imide groups is 1. The summed E-state index contributed by atoms with van der Waals surface area (Å²) in [5.74, 6) is -0.276. The van der Waals surface area contributed by atoms with Crippen molar-refractivity contribution in [1.29, 1.82) is 0 Å². The molecule has 1 saturated heterocycles. The molecule has 21 heavy (non-hydrogen) atoms. The van der Waals surface area contributed by atoms with Crippen LogP contribution in [-0.4, -0.2) is 41.9 Å². The molecule has 0 aromatic heterocycles. The molecule has 1 fully saturated rings. The van der Waals surface area contributed by atoms with Gasteiger partial charge in [0.2, 0.25) is 5.91 Å². The zero-order valence-electron chi connectivity index (χ0n) is 12.1. The predicted molar refractivity (Wildman–Crippen MR) is 75.9 cm³/mol. The molecule has 0 spiro atoms. The Morgan fingerprint density at radius 2 is 2.10 bits per heavy atom. The van der Waals surface area contributed by atoms with E-state index in [1.165, 1.54) is 7.11 Å². The lowest BCUT2D eigenvalue weighted by Crippen LogP contribution is -2.41. The topological polar surface area (TPSA) is 87.7 Å². The molecule has 1 aliphatic rings. The monoisotopic (exact) mass is 291 g/mol. The number of benzene rings is 1. The van der Waals surface area contributed by atoms with Gasteiger partial charge in [-0.05, 0) is 26.0 Å². The van der Waals surface area contributed by atoms with E-state index >= 15 is 0 Å². The van der Waals surface area contributed by atoms with Gasteiger partial charge in [0, 0.05) is 11.8 Å². The zero-order valence-corrected chi connectivity index (χ0v) is 12.1. The Kier molecular flexibility index (Phi) is 3.84. The first-order chi connectivity index (χ1) is 9.83. The van der Waals surface area contributed by atoms with Crippen LogP contribution in [0.5, 0.6) is 5.75 Å². The van der Waals surface area contributed by atoms with Crippen molar-refractivity contribution in [2.45, 2.75) is 19.4 Å². The molecule has 1 aliphatic heterocycles. The van der Waals surface area contributed by atoms with Crippen molar-refractivity contribution < 1.29 is 19.1 Å². The van der Waals surface area contributed by atoms with Crippen LogP contribution in [0.25, 0.3) is 0 Å². The fourth-order valence-corrected chi connectivity index (χ4v) is 2.01. The number of ether oxygens (including phenoxy) is 1. The van der Waals surface area contributed by atoms with E-state index in [-0.39, 0.29) is 6.54 Å².